The molecule has 2 heterocycles. The molecule has 1 N–H and O–H groups in total. The molecular formula is C17H22ClN3O3. The summed E-state index contributed by atoms with van der Waals surface area (Å²) in [4.78, 5) is 0. The maximum atomic E-state index is 6.27. The van der Waals surface area contributed by atoms with Crippen molar-refractivity contribution in [3.05, 3.63) is 34.0 Å². The highest BCUT2D eigenvalue weighted by molar-refractivity contribution is 6.32. The molecule has 0 spiro atoms. The molecule has 0 fully saturated rings. The Labute approximate surface area is 146 Å². The van der Waals surface area contributed by atoms with Gasteiger partial charge in [-0.05, 0) is 37.6 Å². The summed E-state index contributed by atoms with van der Waals surface area (Å²) in [6.45, 7) is 4.61. The van der Waals surface area contributed by atoms with Crippen LogP contribution in [0.4, 0.5) is 0 Å². The van der Waals surface area contributed by atoms with Gasteiger partial charge in [-0.3, -0.25) is 0 Å². The van der Waals surface area contributed by atoms with Crippen LogP contribution < -0.4 is 19.5 Å². The molecule has 2 aromatic rings. The zero-order valence-corrected chi connectivity index (χ0v) is 14.9. The van der Waals surface area contributed by atoms with E-state index in [1.165, 1.54) is 0 Å². The highest BCUT2D eigenvalue weighted by atomic mass is 35.5. The summed E-state index contributed by atoms with van der Waals surface area (Å²) < 4.78 is 18.3. The Bertz CT molecular complexity index is 730. The molecule has 0 saturated heterocycles. The number of hydrogen-bond acceptors (Lipinski definition) is 5. The summed E-state index contributed by atoms with van der Waals surface area (Å²) in [5.41, 5.74) is 3.18. The van der Waals surface area contributed by atoms with Gasteiger partial charge in [0.05, 0.1) is 23.4 Å². The van der Waals surface area contributed by atoms with Gasteiger partial charge in [0.25, 0.3) is 0 Å². The predicted molar refractivity (Wildman–Crippen MR) is 92.3 cm³/mol. The Morgan fingerprint density at radius 3 is 2.92 bits per heavy atom. The first kappa shape index (κ1) is 16.9. The summed E-state index contributed by atoms with van der Waals surface area (Å²) in [5, 5.41) is 8.42. The van der Waals surface area contributed by atoms with Crippen molar-refractivity contribution in [3.63, 3.8) is 0 Å². The fourth-order valence-corrected chi connectivity index (χ4v) is 3.18. The molecule has 1 aromatic heterocycles. The standard InChI is InChI=1S/C17H22ClN3O3/c1-11-13(17(22-3)21(2)20-11)10-19-5-4-12-8-14(18)16-15(9-12)23-6-7-24-16/h8-9,19H,4-7,10H2,1-3H3. The van der Waals surface area contributed by atoms with Gasteiger partial charge in [0.2, 0.25) is 5.88 Å². The van der Waals surface area contributed by atoms with E-state index in [0.717, 1.165) is 41.4 Å². The molecule has 1 aromatic carbocycles. The summed E-state index contributed by atoms with van der Waals surface area (Å²) in [6.07, 6.45) is 0.845. The third-order valence-electron chi connectivity index (χ3n) is 4.03. The van der Waals surface area contributed by atoms with Gasteiger partial charge in [-0.25, -0.2) is 4.68 Å². The maximum Gasteiger partial charge on any atom is 0.216 e. The van der Waals surface area contributed by atoms with Crippen molar-refractivity contribution in [1.82, 2.24) is 15.1 Å². The number of fused-ring (bicyclic) bond motifs is 1. The third-order valence-corrected chi connectivity index (χ3v) is 4.31. The molecule has 6 nitrogen and oxygen atoms in total. The van der Waals surface area contributed by atoms with E-state index >= 15 is 0 Å². The molecule has 130 valence electrons. The summed E-state index contributed by atoms with van der Waals surface area (Å²) >= 11 is 6.27. The number of hydrogen-bond donors (Lipinski definition) is 1. The van der Waals surface area contributed by atoms with Crippen molar-refractivity contribution in [2.24, 2.45) is 7.05 Å². The number of nitrogens with one attached hydrogen (secondary N) is 1. The van der Waals surface area contributed by atoms with Crippen LogP contribution in [-0.4, -0.2) is 36.6 Å². The topological polar surface area (TPSA) is 57.5 Å². The van der Waals surface area contributed by atoms with Crippen molar-refractivity contribution in [2.45, 2.75) is 19.9 Å². The zero-order chi connectivity index (χ0) is 17.1. The Morgan fingerprint density at radius 1 is 1.33 bits per heavy atom. The summed E-state index contributed by atoms with van der Waals surface area (Å²) in [5.74, 6) is 2.17. The second-order valence-electron chi connectivity index (χ2n) is 5.73. The van der Waals surface area contributed by atoms with Crippen LogP contribution in [0.25, 0.3) is 0 Å². The number of ether oxygens (including phenoxy) is 3. The molecule has 0 unspecified atom stereocenters. The van der Waals surface area contributed by atoms with Gasteiger partial charge in [-0.15, -0.1) is 0 Å². The average Bonchev–Trinajstić information content (AvgIpc) is 2.84. The normalized spacial score (nSPS) is 13.2. The molecule has 0 aliphatic carbocycles. The summed E-state index contributed by atoms with van der Waals surface area (Å²) in [7, 11) is 3.55. The SMILES string of the molecule is COc1c(CNCCc2cc(Cl)c3c(c2)OCCO3)c(C)nn1C. The molecule has 0 bridgehead atoms. The lowest BCUT2D eigenvalue weighted by atomic mass is 10.1. The first-order valence-electron chi connectivity index (χ1n) is 7.95. The van der Waals surface area contributed by atoms with E-state index in [9.17, 15) is 0 Å². The van der Waals surface area contributed by atoms with Crippen molar-refractivity contribution in [1.29, 1.82) is 0 Å². The summed E-state index contributed by atoms with van der Waals surface area (Å²) in [6, 6.07) is 3.94. The fourth-order valence-electron chi connectivity index (χ4n) is 2.89. The van der Waals surface area contributed by atoms with Crippen LogP contribution in [0.15, 0.2) is 12.1 Å². The van der Waals surface area contributed by atoms with Gasteiger partial charge in [0, 0.05) is 13.6 Å². The van der Waals surface area contributed by atoms with E-state index in [1.807, 2.05) is 26.1 Å². The van der Waals surface area contributed by atoms with Gasteiger partial charge >= 0.3 is 0 Å². The Balaban J connectivity index is 1.58. The van der Waals surface area contributed by atoms with Crippen LogP contribution >= 0.6 is 11.6 Å². The van der Waals surface area contributed by atoms with Crippen molar-refractivity contribution in [2.75, 3.05) is 26.9 Å². The molecule has 0 atom stereocenters. The van der Waals surface area contributed by atoms with E-state index < -0.39 is 0 Å². The molecule has 0 radical (unpaired) electrons. The van der Waals surface area contributed by atoms with Crippen molar-refractivity contribution in [3.8, 4) is 17.4 Å². The van der Waals surface area contributed by atoms with Gasteiger partial charge in [0.15, 0.2) is 11.5 Å². The van der Waals surface area contributed by atoms with E-state index in [2.05, 4.69) is 10.4 Å². The van der Waals surface area contributed by atoms with Crippen LogP contribution in [0.2, 0.25) is 5.02 Å². The van der Waals surface area contributed by atoms with Crippen LogP contribution in [0, 0.1) is 6.92 Å². The van der Waals surface area contributed by atoms with Crippen molar-refractivity contribution < 1.29 is 14.2 Å². The number of methoxy groups -OCH3 is 1. The van der Waals surface area contributed by atoms with E-state index in [0.29, 0.717) is 30.5 Å². The minimum absolute atomic E-state index is 0.542. The molecule has 24 heavy (non-hydrogen) atoms. The largest absolute Gasteiger partial charge is 0.486 e. The molecule has 7 heteroatoms. The lowest BCUT2D eigenvalue weighted by molar-refractivity contribution is 0.171. The van der Waals surface area contributed by atoms with Crippen LogP contribution in [0.1, 0.15) is 16.8 Å². The van der Waals surface area contributed by atoms with Gasteiger partial charge in [-0.1, -0.05) is 11.6 Å². The quantitative estimate of drug-likeness (QED) is 0.810. The first-order valence-corrected chi connectivity index (χ1v) is 8.33. The highest BCUT2D eigenvalue weighted by Gasteiger charge is 2.17. The van der Waals surface area contributed by atoms with E-state index in [1.54, 1.807) is 11.8 Å². The Morgan fingerprint density at radius 2 is 2.12 bits per heavy atom. The number of aryl methyl sites for hydroxylation is 2. The highest BCUT2D eigenvalue weighted by Crippen LogP contribution is 2.38. The van der Waals surface area contributed by atoms with E-state index in [-0.39, 0.29) is 0 Å². The van der Waals surface area contributed by atoms with Crippen molar-refractivity contribution >= 4 is 11.6 Å². The monoisotopic (exact) mass is 351 g/mol. The van der Waals surface area contributed by atoms with Gasteiger partial charge in [-0.2, -0.15) is 5.10 Å². The lowest BCUT2D eigenvalue weighted by Gasteiger charge is -2.20. The average molecular weight is 352 g/mol. The fraction of sp³-hybridized carbons (Fsp3) is 0.471. The van der Waals surface area contributed by atoms with E-state index in [4.69, 9.17) is 25.8 Å². The minimum Gasteiger partial charge on any atom is -0.486 e. The van der Waals surface area contributed by atoms with Crippen LogP contribution in [0.3, 0.4) is 0 Å². The molecule has 0 amide bonds. The Kier molecular flexibility index (Phi) is 5.16. The number of nitrogens with zero attached hydrogens (tertiary/aromatic N) is 2. The van der Waals surface area contributed by atoms with Crippen LogP contribution in [0.5, 0.6) is 17.4 Å². The number of benzene rings is 1. The Hall–Kier alpha value is -1.92. The zero-order valence-electron chi connectivity index (χ0n) is 14.2. The molecular weight excluding hydrogens is 330 g/mol. The number of halogens is 1. The first-order chi connectivity index (χ1) is 11.6. The molecule has 3 rings (SSSR count). The molecule has 1 aliphatic rings. The molecule has 0 saturated carbocycles. The van der Waals surface area contributed by atoms with Gasteiger partial charge < -0.3 is 19.5 Å². The maximum absolute atomic E-state index is 6.27. The predicted octanol–water partition coefficient (Wildman–Crippen LogP) is 2.49. The van der Waals surface area contributed by atoms with Gasteiger partial charge in [0.1, 0.15) is 13.2 Å². The second-order valence-corrected chi connectivity index (χ2v) is 6.13. The third kappa shape index (κ3) is 3.44. The second kappa shape index (κ2) is 7.32. The lowest BCUT2D eigenvalue weighted by Crippen LogP contribution is -2.18. The number of aromatic nitrogens is 2. The van der Waals surface area contributed by atoms with Crippen LogP contribution in [-0.2, 0) is 20.0 Å². The smallest absolute Gasteiger partial charge is 0.216 e. The molecule has 1 aliphatic heterocycles. The number of rotatable bonds is 6. The minimum atomic E-state index is 0.542.